The number of fused-ring (bicyclic) bond motifs is 1. The summed E-state index contributed by atoms with van der Waals surface area (Å²) >= 11 is 1.38. The number of hydrogen-bond acceptors (Lipinski definition) is 4. The van der Waals surface area contributed by atoms with E-state index in [-0.39, 0.29) is 5.56 Å². The largest absolute Gasteiger partial charge is 0.277 e. The van der Waals surface area contributed by atoms with Gasteiger partial charge in [-0.1, -0.05) is 28.9 Å². The number of aromatic amines is 2. The summed E-state index contributed by atoms with van der Waals surface area (Å²) in [5.74, 6) is 0. The van der Waals surface area contributed by atoms with Crippen molar-refractivity contribution in [3.05, 3.63) is 47.0 Å². The molecule has 0 aliphatic heterocycles. The molecule has 1 aromatic carbocycles. The van der Waals surface area contributed by atoms with Crippen LogP contribution in [-0.4, -0.2) is 19.8 Å². The maximum Gasteiger partial charge on any atom is 0.265 e. The molecule has 2 heterocycles. The number of nitrogens with one attached hydrogen (secondary N) is 2. The second-order valence-corrected chi connectivity index (χ2v) is 3.54. The molecule has 0 fully saturated rings. The van der Waals surface area contributed by atoms with E-state index in [9.17, 15) is 4.79 Å². The summed E-state index contributed by atoms with van der Waals surface area (Å²) in [6.07, 6.45) is 3.24. The van der Waals surface area contributed by atoms with Gasteiger partial charge in [0.15, 0.2) is 0 Å². The Bertz CT molecular complexity index is 552. The standard InChI is InChI=1S/C7H5NOS.C2H3N3/c9-7-5-3-1-2-4-6(5)10-8-7;1-2-4-5-3-1/h1-4H,(H,8,9);1-2H,(H,3,4,5). The Kier molecular flexibility index (Phi) is 2.89. The minimum Gasteiger partial charge on any atom is -0.277 e. The third-order valence-corrected chi connectivity index (χ3v) is 2.58. The predicted octanol–water partition coefficient (Wildman–Crippen LogP) is 1.39. The molecule has 0 saturated carbocycles. The fourth-order valence-corrected chi connectivity index (χ4v) is 1.80. The second-order valence-electron chi connectivity index (χ2n) is 2.69. The molecule has 6 heteroatoms. The molecule has 2 aromatic heterocycles. The molecule has 0 bridgehead atoms. The molecule has 0 spiro atoms. The smallest absolute Gasteiger partial charge is 0.265 e. The van der Waals surface area contributed by atoms with E-state index in [1.165, 1.54) is 11.5 Å². The Morgan fingerprint density at radius 3 is 2.73 bits per heavy atom. The summed E-state index contributed by atoms with van der Waals surface area (Å²) in [7, 11) is 0. The molecule has 0 aliphatic carbocycles. The van der Waals surface area contributed by atoms with Crippen molar-refractivity contribution in [2.45, 2.75) is 0 Å². The van der Waals surface area contributed by atoms with E-state index in [1.807, 2.05) is 24.3 Å². The van der Waals surface area contributed by atoms with Gasteiger partial charge in [0.25, 0.3) is 5.56 Å². The van der Waals surface area contributed by atoms with E-state index in [4.69, 9.17) is 0 Å². The van der Waals surface area contributed by atoms with Crippen molar-refractivity contribution in [1.29, 1.82) is 0 Å². The quantitative estimate of drug-likeness (QED) is 0.601. The molecule has 76 valence electrons. The predicted molar refractivity (Wildman–Crippen MR) is 58.8 cm³/mol. The van der Waals surface area contributed by atoms with Gasteiger partial charge in [-0.05, 0) is 12.1 Å². The van der Waals surface area contributed by atoms with Crippen molar-refractivity contribution in [3.63, 3.8) is 0 Å². The average Bonchev–Trinajstić information content (AvgIpc) is 2.92. The molecule has 3 aromatic rings. The second kappa shape index (κ2) is 4.52. The Morgan fingerprint density at radius 2 is 2.13 bits per heavy atom. The van der Waals surface area contributed by atoms with Crippen molar-refractivity contribution < 1.29 is 0 Å². The Morgan fingerprint density at radius 1 is 1.27 bits per heavy atom. The third-order valence-electron chi connectivity index (χ3n) is 1.72. The first-order chi connectivity index (χ1) is 7.38. The van der Waals surface area contributed by atoms with Gasteiger partial charge in [-0.25, -0.2) is 0 Å². The molecule has 0 aliphatic rings. The van der Waals surface area contributed by atoms with E-state index in [0.29, 0.717) is 0 Å². The molecule has 5 nitrogen and oxygen atoms in total. The Hall–Kier alpha value is -1.95. The van der Waals surface area contributed by atoms with Crippen molar-refractivity contribution >= 4 is 21.6 Å². The molecule has 0 unspecified atom stereocenters. The SMILES string of the molecule is O=c1[nH]sc2ccccc12.c1c[nH]nn1. The van der Waals surface area contributed by atoms with Crippen molar-refractivity contribution in [1.82, 2.24) is 19.8 Å². The van der Waals surface area contributed by atoms with E-state index in [0.717, 1.165) is 10.1 Å². The zero-order valence-corrected chi connectivity index (χ0v) is 8.49. The lowest BCUT2D eigenvalue weighted by atomic mass is 10.3. The first-order valence-corrected chi connectivity index (χ1v) is 5.06. The zero-order valence-electron chi connectivity index (χ0n) is 7.68. The van der Waals surface area contributed by atoms with Crippen LogP contribution in [0, 0.1) is 0 Å². The van der Waals surface area contributed by atoms with Gasteiger partial charge < -0.3 is 0 Å². The number of aromatic nitrogens is 4. The number of rotatable bonds is 0. The van der Waals surface area contributed by atoms with Gasteiger partial charge in [-0.2, -0.15) is 0 Å². The normalized spacial score (nSPS) is 9.60. The van der Waals surface area contributed by atoms with Gasteiger partial charge in [0, 0.05) is 6.20 Å². The maximum atomic E-state index is 10.9. The summed E-state index contributed by atoms with van der Waals surface area (Å²) in [6, 6.07) is 7.54. The highest BCUT2D eigenvalue weighted by molar-refractivity contribution is 7.13. The molecule has 3 rings (SSSR count). The van der Waals surface area contributed by atoms with Crippen LogP contribution in [-0.2, 0) is 0 Å². The minimum absolute atomic E-state index is 0.0144. The van der Waals surface area contributed by atoms with Crippen LogP contribution in [0.5, 0.6) is 0 Å². The molecule has 0 amide bonds. The van der Waals surface area contributed by atoms with Gasteiger partial charge in [-0.3, -0.25) is 14.3 Å². The fraction of sp³-hybridized carbons (Fsp3) is 0. The third kappa shape index (κ3) is 2.29. The van der Waals surface area contributed by atoms with Crippen LogP contribution >= 0.6 is 11.5 Å². The maximum absolute atomic E-state index is 10.9. The average molecular weight is 220 g/mol. The monoisotopic (exact) mass is 220 g/mol. The van der Waals surface area contributed by atoms with Crippen molar-refractivity contribution in [3.8, 4) is 0 Å². The van der Waals surface area contributed by atoms with Crippen LogP contribution in [0.25, 0.3) is 10.1 Å². The molecular weight excluding hydrogens is 212 g/mol. The fourth-order valence-electron chi connectivity index (χ4n) is 1.07. The zero-order chi connectivity index (χ0) is 10.5. The van der Waals surface area contributed by atoms with Crippen LogP contribution in [0.3, 0.4) is 0 Å². The lowest BCUT2D eigenvalue weighted by Gasteiger charge is -1.79. The van der Waals surface area contributed by atoms with Gasteiger partial charge in [0.2, 0.25) is 0 Å². The molecule has 2 N–H and O–H groups in total. The number of benzene rings is 1. The Labute approximate surface area is 88.9 Å². The molecule has 15 heavy (non-hydrogen) atoms. The molecular formula is C9H8N4OS. The molecule has 0 saturated heterocycles. The van der Waals surface area contributed by atoms with Crippen LogP contribution in [0.4, 0.5) is 0 Å². The summed E-state index contributed by atoms with van der Waals surface area (Å²) < 4.78 is 3.68. The van der Waals surface area contributed by atoms with Crippen molar-refractivity contribution in [2.75, 3.05) is 0 Å². The highest BCUT2D eigenvalue weighted by Crippen LogP contribution is 2.11. The van der Waals surface area contributed by atoms with Crippen LogP contribution < -0.4 is 5.56 Å². The van der Waals surface area contributed by atoms with E-state index in [2.05, 4.69) is 19.8 Å². The first-order valence-electron chi connectivity index (χ1n) is 4.24. The van der Waals surface area contributed by atoms with E-state index >= 15 is 0 Å². The lowest BCUT2D eigenvalue weighted by molar-refractivity contribution is 0.940. The van der Waals surface area contributed by atoms with E-state index in [1.54, 1.807) is 12.4 Å². The summed E-state index contributed by atoms with van der Waals surface area (Å²) in [5.41, 5.74) is 0.0144. The van der Waals surface area contributed by atoms with Gasteiger partial charge in [-0.15, -0.1) is 5.10 Å². The van der Waals surface area contributed by atoms with Crippen LogP contribution in [0.15, 0.2) is 41.5 Å². The van der Waals surface area contributed by atoms with Crippen LogP contribution in [0.1, 0.15) is 0 Å². The van der Waals surface area contributed by atoms with Gasteiger partial charge in [0.05, 0.1) is 16.3 Å². The summed E-state index contributed by atoms with van der Waals surface area (Å²) in [6.45, 7) is 0. The van der Waals surface area contributed by atoms with Gasteiger partial charge >= 0.3 is 0 Å². The number of hydrogen-bond donors (Lipinski definition) is 2. The van der Waals surface area contributed by atoms with Crippen LogP contribution in [0.2, 0.25) is 0 Å². The highest BCUT2D eigenvalue weighted by Gasteiger charge is 1.96. The summed E-state index contributed by atoms with van der Waals surface area (Å²) in [4.78, 5) is 10.9. The topological polar surface area (TPSA) is 74.4 Å². The van der Waals surface area contributed by atoms with Gasteiger partial charge in [0.1, 0.15) is 0 Å². The van der Waals surface area contributed by atoms with E-state index < -0.39 is 0 Å². The highest BCUT2D eigenvalue weighted by atomic mass is 32.1. The molecule has 0 radical (unpaired) electrons. The lowest BCUT2D eigenvalue weighted by Crippen LogP contribution is -1.94. The summed E-state index contributed by atoms with van der Waals surface area (Å²) in [5, 5.41) is 10.0. The first kappa shape index (κ1) is 9.60. The molecule has 0 atom stereocenters. The minimum atomic E-state index is 0.0144. The van der Waals surface area contributed by atoms with Crippen molar-refractivity contribution in [2.24, 2.45) is 0 Å². The Balaban J connectivity index is 0.000000144. The number of H-pyrrole nitrogens is 2. The number of nitrogens with zero attached hydrogens (tertiary/aromatic N) is 2.